The maximum Gasteiger partial charge on any atom is 0.291 e. The van der Waals surface area contributed by atoms with Crippen LogP contribution in [0.1, 0.15) is 54.8 Å². The molecule has 34 heavy (non-hydrogen) atoms. The van der Waals surface area contributed by atoms with Crippen LogP contribution >= 0.6 is 0 Å². The fraction of sp³-hybridized carbons (Fsp3) is 0.370. The van der Waals surface area contributed by atoms with Crippen LogP contribution in [0.25, 0.3) is 11.0 Å². The number of carbonyl (C=O) groups is 2. The van der Waals surface area contributed by atoms with Crippen molar-refractivity contribution in [2.45, 2.75) is 38.6 Å². The summed E-state index contributed by atoms with van der Waals surface area (Å²) in [6.45, 7) is 5.78. The molecule has 0 bridgehead atoms. The second-order valence-electron chi connectivity index (χ2n) is 8.68. The van der Waals surface area contributed by atoms with Gasteiger partial charge in [0, 0.05) is 31.9 Å². The Balaban J connectivity index is 1.78. The van der Waals surface area contributed by atoms with Gasteiger partial charge in [-0.05, 0) is 38.0 Å². The van der Waals surface area contributed by atoms with E-state index in [0.717, 1.165) is 18.5 Å². The lowest BCUT2D eigenvalue weighted by Gasteiger charge is -2.34. The number of para-hydroxylation sites is 2. The van der Waals surface area contributed by atoms with Gasteiger partial charge in [-0.3, -0.25) is 14.4 Å². The number of anilines is 1. The molecule has 0 fully saturated rings. The largest absolute Gasteiger partial charge is 0.450 e. The van der Waals surface area contributed by atoms with Crippen LogP contribution in [0, 0.1) is 0 Å². The first kappa shape index (κ1) is 22.3. The van der Waals surface area contributed by atoms with Crippen molar-refractivity contribution in [3.05, 3.63) is 75.6 Å². The van der Waals surface area contributed by atoms with Crippen LogP contribution in [-0.4, -0.2) is 43.0 Å². The lowest BCUT2D eigenvalue weighted by atomic mass is 9.84. The molecule has 7 heteroatoms. The Bertz CT molecular complexity index is 1330. The topological polar surface area (TPSA) is 80.1 Å². The normalized spacial score (nSPS) is 18.9. The minimum atomic E-state index is -1.53. The third-order valence-electron chi connectivity index (χ3n) is 6.75. The van der Waals surface area contributed by atoms with Gasteiger partial charge in [-0.15, -0.1) is 0 Å². The highest BCUT2D eigenvalue weighted by atomic mass is 16.5. The number of ether oxygens (including phenoxy) is 1. The summed E-state index contributed by atoms with van der Waals surface area (Å²) >= 11 is 0. The van der Waals surface area contributed by atoms with Gasteiger partial charge in [0.05, 0.1) is 16.6 Å². The quantitative estimate of drug-likeness (QED) is 0.474. The van der Waals surface area contributed by atoms with Crippen LogP contribution in [0.2, 0.25) is 0 Å². The molecular weight excluding hydrogens is 432 g/mol. The Morgan fingerprint density at radius 2 is 1.71 bits per heavy atom. The molecule has 0 unspecified atom stereocenters. The van der Waals surface area contributed by atoms with Gasteiger partial charge in [-0.1, -0.05) is 43.7 Å². The first-order chi connectivity index (χ1) is 16.6. The van der Waals surface area contributed by atoms with Gasteiger partial charge in [0.2, 0.25) is 5.76 Å². The smallest absolute Gasteiger partial charge is 0.291 e. The van der Waals surface area contributed by atoms with E-state index >= 15 is 0 Å². The van der Waals surface area contributed by atoms with Gasteiger partial charge in [-0.2, -0.15) is 0 Å². The number of unbranched alkanes of at least 4 members (excludes halogenated alkanes) is 1. The highest BCUT2D eigenvalue weighted by molar-refractivity contribution is 6.17. The van der Waals surface area contributed by atoms with Gasteiger partial charge in [0.1, 0.15) is 5.58 Å². The van der Waals surface area contributed by atoms with Gasteiger partial charge < -0.3 is 19.0 Å². The molecule has 0 N–H and O–H groups in total. The third-order valence-corrected chi connectivity index (χ3v) is 6.75. The minimum Gasteiger partial charge on any atom is -0.450 e. The molecule has 2 amide bonds. The summed E-state index contributed by atoms with van der Waals surface area (Å²) in [4.78, 5) is 45.2. The summed E-state index contributed by atoms with van der Waals surface area (Å²) < 4.78 is 11.5. The van der Waals surface area contributed by atoms with Crippen molar-refractivity contribution in [1.82, 2.24) is 4.90 Å². The van der Waals surface area contributed by atoms with E-state index in [1.165, 1.54) is 4.90 Å². The average Bonchev–Trinajstić information content (AvgIpc) is 3.25. The third kappa shape index (κ3) is 3.03. The molecule has 0 saturated heterocycles. The molecule has 3 aromatic rings. The highest BCUT2D eigenvalue weighted by Gasteiger charge is 2.64. The Labute approximate surface area is 197 Å². The second-order valence-corrected chi connectivity index (χ2v) is 8.68. The standard InChI is InChI=1S/C27H28N2O5/c1-3-5-15-28-20-13-8-7-12-19(20)27(26(28)32)22-23(30)18-11-6-9-14-21(18)34-24(22)25(31)29(27)16-10-17-33-4-2/h6-9,11-14H,3-5,10,15-17H2,1-2H3/t27-/m0/s1. The Morgan fingerprint density at radius 1 is 0.941 bits per heavy atom. The monoisotopic (exact) mass is 460 g/mol. The molecule has 3 heterocycles. The fourth-order valence-corrected chi connectivity index (χ4v) is 5.24. The zero-order chi connectivity index (χ0) is 23.9. The molecule has 5 rings (SSSR count). The predicted molar refractivity (Wildman–Crippen MR) is 129 cm³/mol. The summed E-state index contributed by atoms with van der Waals surface area (Å²) in [6.07, 6.45) is 2.26. The van der Waals surface area contributed by atoms with Crippen LogP contribution in [0.3, 0.4) is 0 Å². The molecule has 1 atom stereocenters. The number of benzene rings is 2. The van der Waals surface area contributed by atoms with Crippen LogP contribution in [0.5, 0.6) is 0 Å². The van der Waals surface area contributed by atoms with E-state index in [1.807, 2.05) is 31.2 Å². The van der Waals surface area contributed by atoms with Gasteiger partial charge >= 0.3 is 0 Å². The molecule has 0 aliphatic carbocycles. The number of hydrogen-bond donors (Lipinski definition) is 0. The molecular formula is C27H28N2O5. The van der Waals surface area contributed by atoms with E-state index in [0.29, 0.717) is 42.7 Å². The Morgan fingerprint density at radius 3 is 2.50 bits per heavy atom. The Kier molecular flexibility index (Phi) is 5.73. The van der Waals surface area contributed by atoms with Crippen LogP contribution in [0.15, 0.2) is 57.7 Å². The minimum absolute atomic E-state index is 0.0411. The van der Waals surface area contributed by atoms with Crippen molar-refractivity contribution in [2.24, 2.45) is 0 Å². The molecule has 1 aromatic heterocycles. The molecule has 0 radical (unpaired) electrons. The molecule has 2 aliphatic rings. The second kappa shape index (κ2) is 8.72. The first-order valence-corrected chi connectivity index (χ1v) is 11.9. The van der Waals surface area contributed by atoms with Crippen molar-refractivity contribution in [3.63, 3.8) is 0 Å². The van der Waals surface area contributed by atoms with Crippen molar-refractivity contribution in [1.29, 1.82) is 0 Å². The van der Waals surface area contributed by atoms with E-state index in [9.17, 15) is 14.4 Å². The fourth-order valence-electron chi connectivity index (χ4n) is 5.24. The van der Waals surface area contributed by atoms with Crippen molar-refractivity contribution in [3.8, 4) is 0 Å². The maximum atomic E-state index is 14.3. The summed E-state index contributed by atoms with van der Waals surface area (Å²) in [5, 5.41) is 0.363. The van der Waals surface area contributed by atoms with E-state index in [1.54, 1.807) is 29.2 Å². The highest BCUT2D eigenvalue weighted by Crippen LogP contribution is 2.52. The van der Waals surface area contributed by atoms with E-state index in [4.69, 9.17) is 9.15 Å². The summed E-state index contributed by atoms with van der Waals surface area (Å²) in [6, 6.07) is 14.3. The number of rotatable bonds is 8. The molecule has 176 valence electrons. The summed E-state index contributed by atoms with van der Waals surface area (Å²) in [7, 11) is 0. The van der Waals surface area contributed by atoms with E-state index in [-0.39, 0.29) is 29.2 Å². The number of amides is 2. The number of nitrogens with zero attached hydrogens (tertiary/aromatic N) is 2. The van der Waals surface area contributed by atoms with Crippen molar-refractivity contribution >= 4 is 28.5 Å². The summed E-state index contributed by atoms with van der Waals surface area (Å²) in [5.41, 5.74) is -0.00571. The van der Waals surface area contributed by atoms with E-state index < -0.39 is 11.4 Å². The lowest BCUT2D eigenvalue weighted by molar-refractivity contribution is -0.126. The number of fused-ring (bicyclic) bond motifs is 5. The molecule has 2 aliphatic heterocycles. The summed E-state index contributed by atoms with van der Waals surface area (Å²) in [5.74, 6) is -0.747. The van der Waals surface area contributed by atoms with E-state index in [2.05, 4.69) is 6.92 Å². The van der Waals surface area contributed by atoms with Gasteiger partial charge in [0.25, 0.3) is 11.8 Å². The maximum absolute atomic E-state index is 14.3. The van der Waals surface area contributed by atoms with Crippen LogP contribution in [0.4, 0.5) is 5.69 Å². The molecule has 1 spiro atoms. The molecule has 2 aromatic carbocycles. The molecule has 7 nitrogen and oxygen atoms in total. The zero-order valence-corrected chi connectivity index (χ0v) is 19.5. The zero-order valence-electron chi connectivity index (χ0n) is 19.5. The Hall–Kier alpha value is -3.45. The SMILES string of the molecule is CCCCN1C(=O)[C@]2(c3ccccc31)c1c(oc3ccccc3c1=O)C(=O)N2CCCOCC. The molecule has 0 saturated carbocycles. The number of carbonyl (C=O) groups excluding carboxylic acids is 2. The van der Waals surface area contributed by atoms with Crippen LogP contribution in [-0.2, 0) is 15.1 Å². The van der Waals surface area contributed by atoms with Crippen molar-refractivity contribution in [2.75, 3.05) is 31.2 Å². The van der Waals surface area contributed by atoms with Gasteiger partial charge in [0.15, 0.2) is 11.0 Å². The first-order valence-electron chi connectivity index (χ1n) is 11.9. The average molecular weight is 461 g/mol. The van der Waals surface area contributed by atoms with Crippen LogP contribution < -0.4 is 10.3 Å². The van der Waals surface area contributed by atoms with Crippen molar-refractivity contribution < 1.29 is 18.7 Å². The lowest BCUT2D eigenvalue weighted by Crippen LogP contribution is -2.53. The predicted octanol–water partition coefficient (Wildman–Crippen LogP) is 4.07. The number of hydrogen-bond acceptors (Lipinski definition) is 5. The van der Waals surface area contributed by atoms with Gasteiger partial charge in [-0.25, -0.2) is 0 Å².